The minimum absolute atomic E-state index is 0.251. The molecule has 8 heteroatoms. The van der Waals surface area contributed by atoms with Gasteiger partial charge in [-0.1, -0.05) is 35.5 Å². The number of rotatable bonds is 5. The first-order chi connectivity index (χ1) is 13.8. The van der Waals surface area contributed by atoms with Crippen molar-refractivity contribution in [2.75, 3.05) is 0 Å². The molecule has 0 spiro atoms. The Labute approximate surface area is 185 Å². The summed E-state index contributed by atoms with van der Waals surface area (Å²) in [7, 11) is 0. The molecular weight excluding hydrogens is 474 g/mol. The standard InChI is InChI=1S/C21H17BrClN3O2S/c1-12(2)25-11-15(10-24-25)26-18-9-14(23)6-7-17(18)19(20(26)22)29-16-5-3-4-13(8-16)21(27)28/h3-12H,1-2H3,(H,27,28). The van der Waals surface area contributed by atoms with Gasteiger partial charge in [0.25, 0.3) is 0 Å². The van der Waals surface area contributed by atoms with Gasteiger partial charge >= 0.3 is 5.97 Å². The van der Waals surface area contributed by atoms with E-state index in [0.717, 1.165) is 31.0 Å². The van der Waals surface area contributed by atoms with Gasteiger partial charge in [0, 0.05) is 27.5 Å². The van der Waals surface area contributed by atoms with E-state index >= 15 is 0 Å². The van der Waals surface area contributed by atoms with Gasteiger partial charge in [0.2, 0.25) is 0 Å². The van der Waals surface area contributed by atoms with E-state index < -0.39 is 5.97 Å². The summed E-state index contributed by atoms with van der Waals surface area (Å²) in [6.45, 7) is 4.15. The number of carboxylic acid groups (broad SMARTS) is 1. The van der Waals surface area contributed by atoms with E-state index in [2.05, 4.69) is 39.4 Å². The second-order valence-corrected chi connectivity index (χ2v) is 9.10. The van der Waals surface area contributed by atoms with Crippen molar-refractivity contribution in [1.82, 2.24) is 14.3 Å². The normalized spacial score (nSPS) is 11.5. The van der Waals surface area contributed by atoms with E-state index in [0.29, 0.717) is 5.02 Å². The molecule has 4 rings (SSSR count). The number of carboxylic acids is 1. The van der Waals surface area contributed by atoms with E-state index in [1.54, 1.807) is 18.2 Å². The van der Waals surface area contributed by atoms with E-state index in [1.165, 1.54) is 11.8 Å². The third-order valence-electron chi connectivity index (χ3n) is 4.51. The van der Waals surface area contributed by atoms with Crippen molar-refractivity contribution < 1.29 is 9.90 Å². The van der Waals surface area contributed by atoms with Gasteiger partial charge < -0.3 is 5.11 Å². The summed E-state index contributed by atoms with van der Waals surface area (Å²) in [6, 6.07) is 12.9. The molecular formula is C21H17BrClN3O2S. The lowest BCUT2D eigenvalue weighted by Crippen LogP contribution is -2.00. The Morgan fingerprint density at radius 3 is 2.72 bits per heavy atom. The molecule has 1 N–H and O–H groups in total. The fourth-order valence-corrected chi connectivity index (χ4v) is 5.13. The van der Waals surface area contributed by atoms with Crippen LogP contribution in [0.2, 0.25) is 5.02 Å². The van der Waals surface area contributed by atoms with Gasteiger partial charge in [0.1, 0.15) is 4.60 Å². The molecule has 0 unspecified atom stereocenters. The number of carbonyl (C=O) groups is 1. The summed E-state index contributed by atoms with van der Waals surface area (Å²) in [5.41, 5.74) is 2.13. The molecule has 2 aromatic carbocycles. The lowest BCUT2D eigenvalue weighted by atomic mass is 10.2. The monoisotopic (exact) mass is 489 g/mol. The van der Waals surface area contributed by atoms with Crippen molar-refractivity contribution in [3.63, 3.8) is 0 Å². The minimum Gasteiger partial charge on any atom is -0.478 e. The average molecular weight is 491 g/mol. The molecule has 2 aromatic heterocycles. The Hall–Kier alpha value is -2.22. The topological polar surface area (TPSA) is 60.0 Å². The molecule has 0 aliphatic rings. The molecule has 0 saturated heterocycles. The fourth-order valence-electron chi connectivity index (χ4n) is 3.09. The highest BCUT2D eigenvalue weighted by Gasteiger charge is 2.19. The molecule has 4 aromatic rings. The molecule has 5 nitrogen and oxygen atoms in total. The zero-order valence-electron chi connectivity index (χ0n) is 15.6. The van der Waals surface area contributed by atoms with Crippen molar-refractivity contribution >= 4 is 56.2 Å². The first-order valence-electron chi connectivity index (χ1n) is 8.90. The molecule has 0 aliphatic carbocycles. The number of hydrogen-bond donors (Lipinski definition) is 1. The van der Waals surface area contributed by atoms with Crippen LogP contribution in [0.3, 0.4) is 0 Å². The van der Waals surface area contributed by atoms with Crippen molar-refractivity contribution in [2.45, 2.75) is 29.7 Å². The predicted molar refractivity (Wildman–Crippen MR) is 120 cm³/mol. The second-order valence-electron chi connectivity index (χ2n) is 6.82. The maximum atomic E-state index is 11.3. The predicted octanol–water partition coefficient (Wildman–Crippen LogP) is 6.67. The summed E-state index contributed by atoms with van der Waals surface area (Å²) in [6.07, 6.45) is 3.82. The summed E-state index contributed by atoms with van der Waals surface area (Å²) in [5, 5.41) is 15.4. The van der Waals surface area contributed by atoms with E-state index in [1.807, 2.05) is 41.3 Å². The molecule has 0 bridgehead atoms. The van der Waals surface area contributed by atoms with Gasteiger partial charge in [-0.25, -0.2) is 4.79 Å². The van der Waals surface area contributed by atoms with Crippen molar-refractivity contribution in [3.8, 4) is 5.69 Å². The summed E-state index contributed by atoms with van der Waals surface area (Å²) in [5.74, 6) is -0.943. The first kappa shape index (κ1) is 20.1. The number of fused-ring (bicyclic) bond motifs is 1. The molecule has 148 valence electrons. The molecule has 0 atom stereocenters. The number of nitrogens with zero attached hydrogens (tertiary/aromatic N) is 3. The number of benzene rings is 2. The summed E-state index contributed by atoms with van der Waals surface area (Å²) < 4.78 is 4.83. The highest BCUT2D eigenvalue weighted by molar-refractivity contribution is 9.10. The van der Waals surface area contributed by atoms with Crippen molar-refractivity contribution in [3.05, 3.63) is 70.0 Å². The van der Waals surface area contributed by atoms with E-state index in [4.69, 9.17) is 11.6 Å². The van der Waals surface area contributed by atoms with Crippen molar-refractivity contribution in [2.24, 2.45) is 0 Å². The SMILES string of the molecule is CC(C)n1cc(-n2c(Br)c(Sc3cccc(C(=O)O)c3)c3ccc(Cl)cc32)cn1. The Balaban J connectivity index is 1.88. The van der Waals surface area contributed by atoms with Crippen LogP contribution in [0.1, 0.15) is 30.2 Å². The van der Waals surface area contributed by atoms with Crippen LogP contribution in [0.5, 0.6) is 0 Å². The first-order valence-corrected chi connectivity index (χ1v) is 10.9. The minimum atomic E-state index is -0.943. The third-order valence-corrected chi connectivity index (χ3v) is 6.86. The largest absolute Gasteiger partial charge is 0.478 e. The lowest BCUT2D eigenvalue weighted by Gasteiger charge is -2.06. The summed E-state index contributed by atoms with van der Waals surface area (Å²) in [4.78, 5) is 13.1. The fraction of sp³-hybridized carbons (Fsp3) is 0.143. The Bertz CT molecular complexity index is 1230. The molecule has 29 heavy (non-hydrogen) atoms. The number of halogens is 2. The Morgan fingerprint density at radius 2 is 2.03 bits per heavy atom. The van der Waals surface area contributed by atoms with Gasteiger partial charge in [-0.3, -0.25) is 9.25 Å². The van der Waals surface area contributed by atoms with Crippen LogP contribution in [0.4, 0.5) is 0 Å². The van der Waals surface area contributed by atoms with Crippen LogP contribution in [-0.4, -0.2) is 25.4 Å². The molecule has 0 fully saturated rings. The number of hydrogen-bond acceptors (Lipinski definition) is 3. The highest BCUT2D eigenvalue weighted by atomic mass is 79.9. The molecule has 0 saturated carbocycles. The maximum Gasteiger partial charge on any atom is 0.335 e. The van der Waals surface area contributed by atoms with Gasteiger partial charge in [-0.2, -0.15) is 5.10 Å². The van der Waals surface area contributed by atoms with Gasteiger partial charge in [-0.15, -0.1) is 0 Å². The average Bonchev–Trinajstić information content (AvgIpc) is 3.25. The summed E-state index contributed by atoms with van der Waals surface area (Å²) >= 11 is 11.6. The lowest BCUT2D eigenvalue weighted by molar-refractivity contribution is 0.0696. The number of aromatic carboxylic acids is 1. The van der Waals surface area contributed by atoms with Crippen LogP contribution < -0.4 is 0 Å². The van der Waals surface area contributed by atoms with Crippen LogP contribution >= 0.6 is 39.3 Å². The van der Waals surface area contributed by atoms with E-state index in [9.17, 15) is 9.90 Å². The van der Waals surface area contributed by atoms with Crippen LogP contribution in [0.15, 0.2) is 69.3 Å². The molecule has 2 heterocycles. The molecule has 0 radical (unpaired) electrons. The Kier molecular flexibility index (Phi) is 5.46. The van der Waals surface area contributed by atoms with Crippen molar-refractivity contribution in [1.29, 1.82) is 0 Å². The number of aromatic nitrogens is 3. The zero-order valence-corrected chi connectivity index (χ0v) is 18.8. The van der Waals surface area contributed by atoms with Crippen LogP contribution in [-0.2, 0) is 0 Å². The highest BCUT2D eigenvalue weighted by Crippen LogP contribution is 2.43. The maximum absolute atomic E-state index is 11.3. The second kappa shape index (κ2) is 7.89. The molecule has 0 amide bonds. The van der Waals surface area contributed by atoms with E-state index in [-0.39, 0.29) is 11.6 Å². The quantitative estimate of drug-likeness (QED) is 0.339. The van der Waals surface area contributed by atoms with Gasteiger partial charge in [-0.05, 0) is 60.1 Å². The van der Waals surface area contributed by atoms with Crippen LogP contribution in [0, 0.1) is 0 Å². The third kappa shape index (κ3) is 3.82. The zero-order chi connectivity index (χ0) is 20.7. The smallest absolute Gasteiger partial charge is 0.335 e. The van der Waals surface area contributed by atoms with Gasteiger partial charge in [0.15, 0.2) is 0 Å². The Morgan fingerprint density at radius 1 is 1.24 bits per heavy atom. The van der Waals surface area contributed by atoms with Crippen LogP contribution in [0.25, 0.3) is 16.6 Å². The molecule has 0 aliphatic heterocycles. The van der Waals surface area contributed by atoms with Gasteiger partial charge in [0.05, 0.1) is 27.9 Å².